The van der Waals surface area contributed by atoms with Crippen LogP contribution in [0.1, 0.15) is 20.8 Å². The number of esters is 1. The van der Waals surface area contributed by atoms with E-state index in [-0.39, 0.29) is 5.69 Å². The van der Waals surface area contributed by atoms with Gasteiger partial charge in [-0.05, 0) is 36.4 Å². The molecule has 2 aromatic carbocycles. The van der Waals surface area contributed by atoms with Gasteiger partial charge in [-0.15, -0.1) is 0 Å². The molecule has 0 spiro atoms. The first kappa shape index (κ1) is 18.3. The van der Waals surface area contributed by atoms with Gasteiger partial charge >= 0.3 is 5.97 Å². The third kappa shape index (κ3) is 4.80. The van der Waals surface area contributed by atoms with Gasteiger partial charge in [0.2, 0.25) is 0 Å². The number of ether oxygens (including phenoxy) is 1. The molecule has 0 aliphatic carbocycles. The maximum absolute atomic E-state index is 12.3. The van der Waals surface area contributed by atoms with Gasteiger partial charge in [-0.2, -0.15) is 0 Å². The van der Waals surface area contributed by atoms with Crippen molar-refractivity contribution >= 4 is 40.7 Å². The number of carbonyl (C=O) groups is 2. The van der Waals surface area contributed by atoms with E-state index in [0.717, 1.165) is 5.69 Å². The minimum Gasteiger partial charge on any atom is -0.465 e. The highest BCUT2D eigenvalue weighted by Gasteiger charge is 2.11. The van der Waals surface area contributed by atoms with Crippen molar-refractivity contribution in [3.8, 4) is 0 Å². The number of hydrogen-bond donors (Lipinski definition) is 2. The van der Waals surface area contributed by atoms with Crippen molar-refractivity contribution in [3.05, 3.63) is 77.2 Å². The van der Waals surface area contributed by atoms with E-state index < -0.39 is 11.9 Å². The van der Waals surface area contributed by atoms with Crippen molar-refractivity contribution in [1.82, 2.24) is 9.97 Å². The highest BCUT2D eigenvalue weighted by molar-refractivity contribution is 6.30. The molecule has 27 heavy (non-hydrogen) atoms. The molecule has 0 fully saturated rings. The molecular formula is C19H15ClN4O3. The summed E-state index contributed by atoms with van der Waals surface area (Å²) in [7, 11) is 1.29. The average Bonchev–Trinajstić information content (AvgIpc) is 2.68. The summed E-state index contributed by atoms with van der Waals surface area (Å²) in [5.41, 5.74) is 1.68. The Balaban J connectivity index is 1.68. The molecule has 1 heterocycles. The lowest BCUT2D eigenvalue weighted by molar-refractivity contribution is 0.0600. The van der Waals surface area contributed by atoms with Crippen molar-refractivity contribution < 1.29 is 14.3 Å². The normalized spacial score (nSPS) is 10.1. The number of nitrogens with one attached hydrogen (secondary N) is 2. The van der Waals surface area contributed by atoms with Crippen LogP contribution in [0.3, 0.4) is 0 Å². The van der Waals surface area contributed by atoms with Gasteiger partial charge in [0.05, 0.1) is 25.1 Å². The van der Waals surface area contributed by atoms with Crippen molar-refractivity contribution in [1.29, 1.82) is 0 Å². The van der Waals surface area contributed by atoms with Crippen LogP contribution in [-0.4, -0.2) is 29.0 Å². The van der Waals surface area contributed by atoms with E-state index in [9.17, 15) is 9.59 Å². The SMILES string of the molecule is COC(=O)c1cccc(NC(=O)c2cnc(Nc3cccc(Cl)c3)cn2)c1. The predicted molar refractivity (Wildman–Crippen MR) is 103 cm³/mol. The highest BCUT2D eigenvalue weighted by Crippen LogP contribution is 2.18. The molecule has 0 atom stereocenters. The van der Waals surface area contributed by atoms with Crippen LogP contribution < -0.4 is 10.6 Å². The van der Waals surface area contributed by atoms with Crippen molar-refractivity contribution in [2.24, 2.45) is 0 Å². The molecule has 7 nitrogen and oxygen atoms in total. The van der Waals surface area contributed by atoms with Crippen molar-refractivity contribution in [2.45, 2.75) is 0 Å². The molecule has 0 unspecified atom stereocenters. The summed E-state index contributed by atoms with van der Waals surface area (Å²) in [6, 6.07) is 13.6. The zero-order chi connectivity index (χ0) is 19.2. The fourth-order valence-corrected chi connectivity index (χ4v) is 2.45. The molecule has 1 amide bonds. The zero-order valence-electron chi connectivity index (χ0n) is 14.3. The van der Waals surface area contributed by atoms with E-state index in [1.54, 1.807) is 30.3 Å². The summed E-state index contributed by atoms with van der Waals surface area (Å²) < 4.78 is 4.66. The highest BCUT2D eigenvalue weighted by atomic mass is 35.5. The maximum Gasteiger partial charge on any atom is 0.337 e. The van der Waals surface area contributed by atoms with Gasteiger partial charge in [-0.25, -0.2) is 14.8 Å². The van der Waals surface area contributed by atoms with Crippen molar-refractivity contribution in [3.63, 3.8) is 0 Å². The van der Waals surface area contributed by atoms with E-state index in [1.165, 1.54) is 25.6 Å². The summed E-state index contributed by atoms with van der Waals surface area (Å²) in [5.74, 6) is -0.456. The number of hydrogen-bond acceptors (Lipinski definition) is 6. The molecule has 0 bridgehead atoms. The Hall–Kier alpha value is -3.45. The Morgan fingerprint density at radius 3 is 2.48 bits per heavy atom. The summed E-state index contributed by atoms with van der Waals surface area (Å²) in [6.07, 6.45) is 2.80. The molecule has 0 aliphatic rings. The molecular weight excluding hydrogens is 368 g/mol. The van der Waals surface area contributed by atoms with E-state index in [2.05, 4.69) is 25.3 Å². The fourth-order valence-electron chi connectivity index (χ4n) is 2.26. The number of methoxy groups -OCH3 is 1. The van der Waals surface area contributed by atoms with Gasteiger partial charge < -0.3 is 15.4 Å². The molecule has 0 saturated carbocycles. The lowest BCUT2D eigenvalue weighted by Gasteiger charge is -2.08. The fraction of sp³-hybridized carbons (Fsp3) is 0.0526. The first-order chi connectivity index (χ1) is 13.0. The molecule has 136 valence electrons. The number of amides is 1. The minimum atomic E-state index is -0.484. The smallest absolute Gasteiger partial charge is 0.337 e. The van der Waals surface area contributed by atoms with Gasteiger partial charge in [-0.3, -0.25) is 4.79 Å². The third-order valence-electron chi connectivity index (χ3n) is 3.52. The molecule has 0 saturated heterocycles. The Morgan fingerprint density at radius 2 is 1.78 bits per heavy atom. The third-order valence-corrected chi connectivity index (χ3v) is 3.76. The predicted octanol–water partition coefficient (Wildman–Crippen LogP) is 3.91. The van der Waals surface area contributed by atoms with Crippen LogP contribution in [0.5, 0.6) is 0 Å². The summed E-state index contributed by atoms with van der Waals surface area (Å²) in [4.78, 5) is 32.1. The van der Waals surface area contributed by atoms with Crippen LogP contribution in [0, 0.1) is 0 Å². The Bertz CT molecular complexity index is 977. The second-order valence-corrected chi connectivity index (χ2v) is 5.89. The number of halogens is 1. The van der Waals surface area contributed by atoms with Gasteiger partial charge in [0.25, 0.3) is 5.91 Å². The minimum absolute atomic E-state index is 0.134. The molecule has 8 heteroatoms. The van der Waals surface area contributed by atoms with E-state index in [0.29, 0.717) is 22.1 Å². The second-order valence-electron chi connectivity index (χ2n) is 5.45. The molecule has 1 aromatic heterocycles. The summed E-state index contributed by atoms with van der Waals surface area (Å²) in [5, 5.41) is 6.31. The first-order valence-electron chi connectivity index (χ1n) is 7.89. The van der Waals surface area contributed by atoms with Crippen LogP contribution in [-0.2, 0) is 4.74 Å². The topological polar surface area (TPSA) is 93.2 Å². The quantitative estimate of drug-likeness (QED) is 0.650. The van der Waals surface area contributed by atoms with E-state index in [1.807, 2.05) is 12.1 Å². The summed E-state index contributed by atoms with van der Waals surface area (Å²) in [6.45, 7) is 0. The Labute approximate surface area is 160 Å². The Morgan fingerprint density at radius 1 is 1.00 bits per heavy atom. The number of carbonyl (C=O) groups excluding carboxylic acids is 2. The second kappa shape index (κ2) is 8.29. The van der Waals surface area contributed by atoms with Crippen LogP contribution >= 0.6 is 11.6 Å². The Kier molecular flexibility index (Phi) is 5.63. The lowest BCUT2D eigenvalue weighted by Crippen LogP contribution is -2.14. The zero-order valence-corrected chi connectivity index (χ0v) is 15.0. The molecule has 3 aromatic rings. The number of nitrogens with zero attached hydrogens (tertiary/aromatic N) is 2. The van der Waals surface area contributed by atoms with Crippen molar-refractivity contribution in [2.75, 3.05) is 17.7 Å². The number of rotatable bonds is 5. The van der Waals surface area contributed by atoms with Crippen LogP contribution in [0.2, 0.25) is 5.02 Å². The van der Waals surface area contributed by atoms with Gasteiger partial charge in [-0.1, -0.05) is 23.7 Å². The number of benzene rings is 2. The number of anilines is 3. The number of aromatic nitrogens is 2. The maximum atomic E-state index is 12.3. The average molecular weight is 383 g/mol. The first-order valence-corrected chi connectivity index (χ1v) is 8.27. The largest absolute Gasteiger partial charge is 0.465 e. The molecule has 3 rings (SSSR count). The van der Waals surface area contributed by atoms with E-state index in [4.69, 9.17) is 11.6 Å². The van der Waals surface area contributed by atoms with Gasteiger partial charge in [0.15, 0.2) is 0 Å². The molecule has 0 radical (unpaired) electrons. The van der Waals surface area contributed by atoms with Crippen LogP contribution in [0.25, 0.3) is 0 Å². The summed E-state index contributed by atoms with van der Waals surface area (Å²) >= 11 is 5.94. The lowest BCUT2D eigenvalue weighted by atomic mass is 10.2. The van der Waals surface area contributed by atoms with E-state index >= 15 is 0 Å². The van der Waals surface area contributed by atoms with Crippen LogP contribution in [0.15, 0.2) is 60.9 Å². The monoisotopic (exact) mass is 382 g/mol. The standard InChI is InChI=1S/C19H15ClN4O3/c1-27-19(26)12-4-2-6-14(8-12)24-18(25)16-10-22-17(11-21-16)23-15-7-3-5-13(20)9-15/h2-11H,1H3,(H,22,23)(H,24,25). The van der Waals surface area contributed by atoms with Crippen LogP contribution in [0.4, 0.5) is 17.2 Å². The molecule has 0 aliphatic heterocycles. The molecule has 2 N–H and O–H groups in total. The van der Waals surface area contributed by atoms with Gasteiger partial charge in [0.1, 0.15) is 11.5 Å². The van der Waals surface area contributed by atoms with Gasteiger partial charge in [0, 0.05) is 16.4 Å².